The van der Waals surface area contributed by atoms with Crippen LogP contribution in [0.5, 0.6) is 0 Å². The molecule has 128 valence electrons. The second-order valence-electron chi connectivity index (χ2n) is 6.43. The normalized spacial score (nSPS) is 17.8. The Morgan fingerprint density at radius 1 is 1.38 bits per heavy atom. The van der Waals surface area contributed by atoms with Gasteiger partial charge in [-0.05, 0) is 32.8 Å². The molecule has 3 heterocycles. The monoisotopic (exact) mass is 328 g/mol. The third kappa shape index (κ3) is 3.55. The molecule has 2 aromatic heterocycles. The molecule has 0 spiro atoms. The molecule has 1 amide bonds. The Labute approximate surface area is 142 Å². The number of likely N-dealkylation sites (N-methyl/N-ethyl adjacent to an activating group) is 1. The molecule has 1 atom stereocenters. The van der Waals surface area contributed by atoms with Gasteiger partial charge in [0, 0.05) is 38.2 Å². The lowest BCUT2D eigenvalue weighted by Gasteiger charge is -2.34. The van der Waals surface area contributed by atoms with Crippen molar-refractivity contribution < 1.29 is 4.79 Å². The zero-order valence-corrected chi connectivity index (χ0v) is 14.5. The van der Waals surface area contributed by atoms with Crippen molar-refractivity contribution in [2.75, 3.05) is 31.6 Å². The van der Waals surface area contributed by atoms with E-state index in [4.69, 9.17) is 0 Å². The first-order valence-electron chi connectivity index (χ1n) is 8.32. The Morgan fingerprint density at radius 2 is 2.21 bits per heavy atom. The molecule has 0 saturated carbocycles. The molecule has 0 unspecified atom stereocenters. The predicted octanol–water partition coefficient (Wildman–Crippen LogP) is 1.59. The molecule has 1 fully saturated rings. The summed E-state index contributed by atoms with van der Waals surface area (Å²) in [6.07, 6.45) is 7.00. The molecular weight excluding hydrogens is 304 g/mol. The molecule has 0 bridgehead atoms. The number of aromatic nitrogens is 4. The van der Waals surface area contributed by atoms with E-state index >= 15 is 0 Å². The molecule has 0 radical (unpaired) electrons. The summed E-state index contributed by atoms with van der Waals surface area (Å²) >= 11 is 0. The lowest BCUT2D eigenvalue weighted by atomic mass is 10.1. The van der Waals surface area contributed by atoms with Crippen LogP contribution in [-0.4, -0.2) is 57.2 Å². The first-order chi connectivity index (χ1) is 11.5. The molecule has 0 N–H and O–H groups in total. The highest BCUT2D eigenvalue weighted by atomic mass is 16.2. The van der Waals surface area contributed by atoms with Crippen LogP contribution in [0.15, 0.2) is 24.7 Å². The molecule has 3 rings (SSSR count). The van der Waals surface area contributed by atoms with Gasteiger partial charge in [-0.3, -0.25) is 14.5 Å². The van der Waals surface area contributed by atoms with E-state index in [0.717, 1.165) is 37.3 Å². The highest BCUT2D eigenvalue weighted by Gasteiger charge is 2.26. The molecule has 0 aliphatic carbocycles. The predicted molar refractivity (Wildman–Crippen MR) is 91.9 cm³/mol. The molecule has 2 aromatic rings. The summed E-state index contributed by atoms with van der Waals surface area (Å²) in [5.41, 5.74) is 2.18. The van der Waals surface area contributed by atoms with Crippen molar-refractivity contribution in [3.05, 3.63) is 36.0 Å². The molecule has 7 nitrogen and oxygen atoms in total. The summed E-state index contributed by atoms with van der Waals surface area (Å²) in [5, 5.41) is 4.59. The summed E-state index contributed by atoms with van der Waals surface area (Å²) in [6, 6.07) is 2.35. The number of aryl methyl sites for hydroxylation is 2. The second-order valence-corrected chi connectivity index (χ2v) is 6.43. The van der Waals surface area contributed by atoms with Crippen LogP contribution in [0.1, 0.15) is 30.3 Å². The van der Waals surface area contributed by atoms with Crippen molar-refractivity contribution in [2.24, 2.45) is 0 Å². The maximum absolute atomic E-state index is 12.7. The van der Waals surface area contributed by atoms with Crippen molar-refractivity contribution >= 4 is 11.7 Å². The van der Waals surface area contributed by atoms with Crippen molar-refractivity contribution in [1.82, 2.24) is 24.6 Å². The summed E-state index contributed by atoms with van der Waals surface area (Å²) in [4.78, 5) is 24.7. The van der Waals surface area contributed by atoms with Gasteiger partial charge in [-0.25, -0.2) is 4.98 Å². The molecule has 24 heavy (non-hydrogen) atoms. The van der Waals surface area contributed by atoms with Gasteiger partial charge in [0.25, 0.3) is 0 Å². The minimum atomic E-state index is 0.120. The number of likely N-dealkylation sites (tertiary alicyclic amines) is 1. The molecule has 1 aliphatic rings. The van der Waals surface area contributed by atoms with E-state index < -0.39 is 0 Å². The minimum absolute atomic E-state index is 0.120. The topological polar surface area (TPSA) is 67.2 Å². The third-order valence-electron chi connectivity index (χ3n) is 4.45. The largest absolute Gasteiger partial charge is 0.349 e. The Kier molecular flexibility index (Phi) is 4.78. The highest BCUT2D eigenvalue weighted by molar-refractivity contribution is 5.81. The van der Waals surface area contributed by atoms with Gasteiger partial charge in [0.05, 0.1) is 24.5 Å². The van der Waals surface area contributed by atoms with E-state index in [-0.39, 0.29) is 11.9 Å². The number of piperidine rings is 1. The number of amides is 1. The van der Waals surface area contributed by atoms with Gasteiger partial charge < -0.3 is 9.80 Å². The van der Waals surface area contributed by atoms with Gasteiger partial charge in [-0.1, -0.05) is 0 Å². The van der Waals surface area contributed by atoms with Crippen molar-refractivity contribution in [2.45, 2.75) is 32.7 Å². The SMILES string of the molecule is Cc1cc(C)n([C@@H]2CCCN(C(=O)CN(C)c3cnccn3)C2)n1. The number of nitrogens with zero attached hydrogens (tertiary/aromatic N) is 6. The van der Waals surface area contributed by atoms with Crippen LogP contribution in [0.25, 0.3) is 0 Å². The fourth-order valence-corrected chi connectivity index (χ4v) is 3.27. The first kappa shape index (κ1) is 16.4. The molecule has 1 saturated heterocycles. The number of hydrogen-bond acceptors (Lipinski definition) is 5. The van der Waals surface area contributed by atoms with E-state index in [1.807, 2.05) is 23.8 Å². The van der Waals surface area contributed by atoms with Gasteiger partial charge in [0.2, 0.25) is 5.91 Å². The number of rotatable bonds is 4. The van der Waals surface area contributed by atoms with Gasteiger partial charge in [-0.15, -0.1) is 0 Å². The van der Waals surface area contributed by atoms with Crippen LogP contribution in [0.3, 0.4) is 0 Å². The molecule has 0 aromatic carbocycles. The standard InChI is InChI=1S/C17H24N6O/c1-13-9-14(2)23(20-13)15-5-4-8-22(11-15)17(24)12-21(3)16-10-18-6-7-19-16/h6-7,9-10,15H,4-5,8,11-12H2,1-3H3/t15-/m1/s1. The Morgan fingerprint density at radius 3 is 2.88 bits per heavy atom. The van der Waals surface area contributed by atoms with Crippen LogP contribution in [0.2, 0.25) is 0 Å². The Bertz CT molecular complexity index is 698. The maximum atomic E-state index is 12.7. The zero-order chi connectivity index (χ0) is 17.1. The van der Waals surface area contributed by atoms with E-state index in [9.17, 15) is 4.79 Å². The smallest absolute Gasteiger partial charge is 0.242 e. The third-order valence-corrected chi connectivity index (χ3v) is 4.45. The number of carbonyl (C=O) groups excluding carboxylic acids is 1. The fraction of sp³-hybridized carbons (Fsp3) is 0.529. The Hall–Kier alpha value is -2.44. The van der Waals surface area contributed by atoms with E-state index in [2.05, 4.69) is 32.7 Å². The van der Waals surface area contributed by atoms with E-state index in [1.165, 1.54) is 0 Å². The molecule has 1 aliphatic heterocycles. The lowest BCUT2D eigenvalue weighted by Crippen LogP contribution is -2.45. The van der Waals surface area contributed by atoms with Gasteiger partial charge in [0.15, 0.2) is 0 Å². The maximum Gasteiger partial charge on any atom is 0.242 e. The summed E-state index contributed by atoms with van der Waals surface area (Å²) in [5.74, 6) is 0.826. The molecular formula is C17H24N6O. The van der Waals surface area contributed by atoms with Crippen LogP contribution in [0, 0.1) is 13.8 Å². The van der Waals surface area contributed by atoms with Crippen LogP contribution in [-0.2, 0) is 4.79 Å². The summed E-state index contributed by atoms with van der Waals surface area (Å²) in [7, 11) is 1.87. The van der Waals surface area contributed by atoms with Crippen LogP contribution in [0.4, 0.5) is 5.82 Å². The first-order valence-corrected chi connectivity index (χ1v) is 8.32. The summed E-state index contributed by atoms with van der Waals surface area (Å²) in [6.45, 7) is 5.91. The van der Waals surface area contributed by atoms with Gasteiger partial charge >= 0.3 is 0 Å². The fourth-order valence-electron chi connectivity index (χ4n) is 3.27. The average Bonchev–Trinajstić information content (AvgIpc) is 2.94. The van der Waals surface area contributed by atoms with Crippen LogP contribution < -0.4 is 4.90 Å². The quantitative estimate of drug-likeness (QED) is 0.852. The van der Waals surface area contributed by atoms with Gasteiger partial charge in [-0.2, -0.15) is 5.10 Å². The van der Waals surface area contributed by atoms with Crippen molar-refractivity contribution in [3.63, 3.8) is 0 Å². The second kappa shape index (κ2) is 6.98. The average molecular weight is 328 g/mol. The van der Waals surface area contributed by atoms with E-state index in [0.29, 0.717) is 12.4 Å². The van der Waals surface area contributed by atoms with Crippen LogP contribution >= 0.6 is 0 Å². The van der Waals surface area contributed by atoms with Crippen molar-refractivity contribution in [3.8, 4) is 0 Å². The number of carbonyl (C=O) groups is 1. The molecule has 7 heteroatoms. The minimum Gasteiger partial charge on any atom is -0.349 e. The van der Waals surface area contributed by atoms with Gasteiger partial charge in [0.1, 0.15) is 5.82 Å². The van der Waals surface area contributed by atoms with E-state index in [1.54, 1.807) is 18.6 Å². The lowest BCUT2D eigenvalue weighted by molar-refractivity contribution is -0.131. The van der Waals surface area contributed by atoms with Crippen molar-refractivity contribution in [1.29, 1.82) is 0 Å². The summed E-state index contributed by atoms with van der Waals surface area (Å²) < 4.78 is 2.07. The Balaban J connectivity index is 1.64. The number of hydrogen-bond donors (Lipinski definition) is 0. The number of anilines is 1. The highest BCUT2D eigenvalue weighted by Crippen LogP contribution is 2.23. The zero-order valence-electron chi connectivity index (χ0n) is 14.5.